The van der Waals surface area contributed by atoms with Gasteiger partial charge in [-0.2, -0.15) is 0 Å². The van der Waals surface area contributed by atoms with E-state index in [1.807, 2.05) is 0 Å². The molecule has 0 bridgehead atoms. The molecule has 0 spiro atoms. The first-order valence-corrected chi connectivity index (χ1v) is 32.5. The highest BCUT2D eigenvalue weighted by molar-refractivity contribution is 5.71. The van der Waals surface area contributed by atoms with Gasteiger partial charge in [-0.25, -0.2) is 0 Å². The first kappa shape index (κ1) is 70.6. The summed E-state index contributed by atoms with van der Waals surface area (Å²) in [6.07, 6.45) is 75.8. The maximum Gasteiger partial charge on any atom is 0.306 e. The molecule has 0 saturated carbocycles. The summed E-state index contributed by atoms with van der Waals surface area (Å²) in [6, 6.07) is 0. The number of carbonyl (C=O) groups excluding carboxylic acids is 3. The Bertz CT molecular complexity index is 1220. The van der Waals surface area contributed by atoms with Gasteiger partial charge in [0.15, 0.2) is 6.10 Å². The molecular weight excluding hydrogens is 901 g/mol. The Kier molecular flexibility index (Phi) is 60.2. The summed E-state index contributed by atoms with van der Waals surface area (Å²) in [5.41, 5.74) is 0. The standard InChI is InChI=1S/C67H124O6/c1-4-7-10-13-16-19-22-25-28-31-32-33-34-37-40-43-46-49-52-55-58-61-67(70)73-64(62-71-65(68)59-56-53-50-47-44-41-38-35-29-26-23-20-17-14-11-8-5-2)63-72-66(69)60-57-54-51-48-45-42-39-36-30-27-24-21-18-15-12-9-6-3/h17,20,26,29,38,41,64H,4-16,18-19,21-25,27-28,30-37,39-40,42-63H2,1-3H3/b20-17-,29-26-,41-38-/t64-/m1/s1. The van der Waals surface area contributed by atoms with Gasteiger partial charge in [-0.3, -0.25) is 14.4 Å². The molecule has 0 rings (SSSR count). The lowest BCUT2D eigenvalue weighted by atomic mass is 10.0. The number of ether oxygens (including phenoxy) is 3. The van der Waals surface area contributed by atoms with Gasteiger partial charge in [0.2, 0.25) is 0 Å². The van der Waals surface area contributed by atoms with Gasteiger partial charge >= 0.3 is 17.9 Å². The molecule has 0 aliphatic rings. The van der Waals surface area contributed by atoms with Crippen LogP contribution in [0.2, 0.25) is 0 Å². The predicted octanol–water partition coefficient (Wildman–Crippen LogP) is 22.0. The van der Waals surface area contributed by atoms with Crippen molar-refractivity contribution in [1.82, 2.24) is 0 Å². The Morgan fingerprint density at radius 2 is 0.493 bits per heavy atom. The highest BCUT2D eigenvalue weighted by Gasteiger charge is 2.19. The van der Waals surface area contributed by atoms with E-state index in [2.05, 4.69) is 57.2 Å². The van der Waals surface area contributed by atoms with Gasteiger partial charge in [-0.05, 0) is 57.8 Å². The Morgan fingerprint density at radius 1 is 0.274 bits per heavy atom. The topological polar surface area (TPSA) is 78.9 Å². The van der Waals surface area contributed by atoms with E-state index in [4.69, 9.17) is 14.2 Å². The molecule has 6 nitrogen and oxygen atoms in total. The van der Waals surface area contributed by atoms with Crippen LogP contribution in [0.1, 0.15) is 355 Å². The normalized spacial score (nSPS) is 12.2. The van der Waals surface area contributed by atoms with Crippen LogP contribution in [-0.4, -0.2) is 37.2 Å². The molecule has 0 N–H and O–H groups in total. The van der Waals surface area contributed by atoms with E-state index in [0.717, 1.165) is 83.5 Å². The van der Waals surface area contributed by atoms with E-state index in [-0.39, 0.29) is 31.1 Å². The Labute approximate surface area is 455 Å². The predicted molar refractivity (Wildman–Crippen MR) is 316 cm³/mol. The lowest BCUT2D eigenvalue weighted by Crippen LogP contribution is -2.30. The molecule has 0 aromatic rings. The van der Waals surface area contributed by atoms with Gasteiger partial charge in [0.25, 0.3) is 0 Å². The van der Waals surface area contributed by atoms with Crippen LogP contribution in [0.3, 0.4) is 0 Å². The molecule has 0 aliphatic carbocycles. The third kappa shape index (κ3) is 60.4. The highest BCUT2D eigenvalue weighted by Crippen LogP contribution is 2.18. The molecule has 0 radical (unpaired) electrons. The van der Waals surface area contributed by atoms with Crippen molar-refractivity contribution in [3.05, 3.63) is 36.5 Å². The van der Waals surface area contributed by atoms with Crippen molar-refractivity contribution in [2.75, 3.05) is 13.2 Å². The third-order valence-electron chi connectivity index (χ3n) is 14.6. The fourth-order valence-electron chi connectivity index (χ4n) is 9.75. The smallest absolute Gasteiger partial charge is 0.306 e. The molecule has 0 saturated heterocycles. The highest BCUT2D eigenvalue weighted by atomic mass is 16.6. The molecule has 1 atom stereocenters. The number of rotatable bonds is 60. The van der Waals surface area contributed by atoms with Crippen molar-refractivity contribution in [2.45, 2.75) is 361 Å². The second-order valence-corrected chi connectivity index (χ2v) is 22.0. The maximum atomic E-state index is 12.9. The Hall–Kier alpha value is -2.37. The SMILES string of the molecule is CCCCC/C=C\C/C=C\C/C=C\CCCCCCC(=O)OC[C@H](COC(=O)CCCCCCCCCCCCCCCCCCC)OC(=O)CCCCCCCCCCCCCCCCCCCCCCC. The van der Waals surface area contributed by atoms with Crippen molar-refractivity contribution >= 4 is 17.9 Å². The van der Waals surface area contributed by atoms with Crippen LogP contribution in [-0.2, 0) is 28.6 Å². The molecule has 0 heterocycles. The number of allylic oxidation sites excluding steroid dienone is 6. The molecule has 0 unspecified atom stereocenters. The van der Waals surface area contributed by atoms with Crippen LogP contribution >= 0.6 is 0 Å². The zero-order valence-electron chi connectivity index (χ0n) is 49.2. The molecule has 6 heteroatoms. The quantitative estimate of drug-likeness (QED) is 0.0261. The lowest BCUT2D eigenvalue weighted by Gasteiger charge is -2.18. The number of unbranched alkanes of at least 4 members (excludes halogenated alkanes) is 43. The van der Waals surface area contributed by atoms with Gasteiger partial charge in [-0.1, -0.05) is 314 Å². The summed E-state index contributed by atoms with van der Waals surface area (Å²) in [5.74, 6) is -0.869. The average molecular weight is 1030 g/mol. The van der Waals surface area contributed by atoms with Crippen LogP contribution in [0.25, 0.3) is 0 Å². The zero-order chi connectivity index (χ0) is 52.9. The first-order chi connectivity index (χ1) is 36.0. The van der Waals surface area contributed by atoms with E-state index in [0.29, 0.717) is 19.3 Å². The molecule has 0 aliphatic heterocycles. The Balaban J connectivity index is 4.34. The summed E-state index contributed by atoms with van der Waals surface area (Å²) >= 11 is 0. The van der Waals surface area contributed by atoms with Gasteiger partial charge in [0, 0.05) is 19.3 Å². The zero-order valence-corrected chi connectivity index (χ0v) is 49.2. The van der Waals surface area contributed by atoms with Crippen LogP contribution in [0.4, 0.5) is 0 Å². The van der Waals surface area contributed by atoms with Gasteiger partial charge < -0.3 is 14.2 Å². The number of hydrogen-bond acceptors (Lipinski definition) is 6. The van der Waals surface area contributed by atoms with Crippen molar-refractivity contribution < 1.29 is 28.6 Å². The minimum Gasteiger partial charge on any atom is -0.462 e. The monoisotopic (exact) mass is 1020 g/mol. The van der Waals surface area contributed by atoms with Crippen molar-refractivity contribution in [2.24, 2.45) is 0 Å². The minimum atomic E-state index is -0.778. The summed E-state index contributed by atoms with van der Waals surface area (Å²) in [5, 5.41) is 0. The van der Waals surface area contributed by atoms with E-state index in [1.165, 1.54) is 231 Å². The van der Waals surface area contributed by atoms with Gasteiger partial charge in [0.05, 0.1) is 0 Å². The number of carbonyl (C=O) groups is 3. The van der Waals surface area contributed by atoms with E-state index in [9.17, 15) is 14.4 Å². The molecule has 0 aromatic carbocycles. The van der Waals surface area contributed by atoms with Crippen molar-refractivity contribution in [1.29, 1.82) is 0 Å². The summed E-state index contributed by atoms with van der Waals surface area (Å²) in [7, 11) is 0. The maximum absolute atomic E-state index is 12.9. The number of esters is 3. The van der Waals surface area contributed by atoms with Crippen molar-refractivity contribution in [3.8, 4) is 0 Å². The fraction of sp³-hybridized carbons (Fsp3) is 0.866. The Morgan fingerprint density at radius 3 is 0.795 bits per heavy atom. The summed E-state index contributed by atoms with van der Waals surface area (Å²) in [6.45, 7) is 6.66. The van der Waals surface area contributed by atoms with Crippen LogP contribution < -0.4 is 0 Å². The molecular formula is C67H124O6. The van der Waals surface area contributed by atoms with Crippen LogP contribution in [0.5, 0.6) is 0 Å². The minimum absolute atomic E-state index is 0.0738. The molecule has 0 fully saturated rings. The van der Waals surface area contributed by atoms with Crippen LogP contribution in [0, 0.1) is 0 Å². The number of hydrogen-bond donors (Lipinski definition) is 0. The van der Waals surface area contributed by atoms with E-state index >= 15 is 0 Å². The van der Waals surface area contributed by atoms with E-state index < -0.39 is 6.10 Å². The van der Waals surface area contributed by atoms with E-state index in [1.54, 1.807) is 0 Å². The average Bonchev–Trinajstić information content (AvgIpc) is 3.39. The van der Waals surface area contributed by atoms with Gasteiger partial charge in [0.1, 0.15) is 13.2 Å². The molecule has 0 amide bonds. The molecule has 73 heavy (non-hydrogen) atoms. The molecule has 0 aromatic heterocycles. The largest absolute Gasteiger partial charge is 0.462 e. The second-order valence-electron chi connectivity index (χ2n) is 22.0. The second kappa shape index (κ2) is 62.2. The van der Waals surface area contributed by atoms with Crippen LogP contribution in [0.15, 0.2) is 36.5 Å². The first-order valence-electron chi connectivity index (χ1n) is 32.5. The third-order valence-corrected chi connectivity index (χ3v) is 14.6. The summed E-state index contributed by atoms with van der Waals surface area (Å²) in [4.78, 5) is 38.3. The summed E-state index contributed by atoms with van der Waals surface area (Å²) < 4.78 is 16.9. The fourth-order valence-corrected chi connectivity index (χ4v) is 9.75. The lowest BCUT2D eigenvalue weighted by molar-refractivity contribution is -0.167. The van der Waals surface area contributed by atoms with Crippen molar-refractivity contribution in [3.63, 3.8) is 0 Å². The molecule has 428 valence electrons. The van der Waals surface area contributed by atoms with Gasteiger partial charge in [-0.15, -0.1) is 0 Å².